The van der Waals surface area contributed by atoms with Crippen LogP contribution < -0.4 is 15.4 Å². The standard InChI is InChI=1S/C16H23F3N2O2.C16H26N2OS/c1-21(2)15(22)12-20-9-7-13-5-3-6-14(11-13)23-10-4-8-16(17,18)19;1-4-5-11-20-15-8-6-7-14(12-15)9-10-17-13-16(19)18(2)3/h3,5-6,11,20H,4,7-10,12H2,1-2H3;6-8,12,17H,4-5,9-11,13H2,1-3H3. The number of nitrogens with one attached hydrogen (secondary N) is 2. The van der Waals surface area contributed by atoms with Gasteiger partial charge in [-0.2, -0.15) is 13.2 Å². The van der Waals surface area contributed by atoms with E-state index in [1.807, 2.05) is 23.9 Å². The van der Waals surface area contributed by atoms with Gasteiger partial charge in [0.1, 0.15) is 5.75 Å². The van der Waals surface area contributed by atoms with E-state index in [-0.39, 0.29) is 31.4 Å². The fourth-order valence-electron chi connectivity index (χ4n) is 3.55. The molecule has 0 saturated carbocycles. The second-order valence-corrected chi connectivity index (χ2v) is 11.7. The number of thioether (sulfide) groups is 1. The van der Waals surface area contributed by atoms with Crippen LogP contribution in [-0.2, 0) is 22.4 Å². The van der Waals surface area contributed by atoms with E-state index in [9.17, 15) is 22.8 Å². The summed E-state index contributed by atoms with van der Waals surface area (Å²) in [4.78, 5) is 27.3. The first-order valence-electron chi connectivity index (χ1n) is 14.7. The number of hydrogen-bond acceptors (Lipinski definition) is 6. The summed E-state index contributed by atoms with van der Waals surface area (Å²) < 4.78 is 41.4. The van der Waals surface area contributed by atoms with Crippen LogP contribution in [-0.4, -0.2) is 94.5 Å². The Morgan fingerprint density at radius 3 is 1.93 bits per heavy atom. The predicted octanol–water partition coefficient (Wildman–Crippen LogP) is 5.43. The van der Waals surface area contributed by atoms with E-state index in [4.69, 9.17) is 4.74 Å². The Morgan fingerprint density at radius 1 is 0.837 bits per heavy atom. The number of benzene rings is 2. The van der Waals surface area contributed by atoms with Crippen LogP contribution in [0.1, 0.15) is 43.7 Å². The molecule has 2 amide bonds. The third-order valence-electron chi connectivity index (χ3n) is 6.17. The Bertz CT molecular complexity index is 1070. The maximum atomic E-state index is 12.0. The molecule has 0 aliphatic carbocycles. The molecule has 2 rings (SSSR count). The number of rotatable bonds is 18. The Hall–Kier alpha value is -2.76. The topological polar surface area (TPSA) is 73.9 Å². The van der Waals surface area contributed by atoms with E-state index in [1.54, 1.807) is 45.2 Å². The first-order valence-corrected chi connectivity index (χ1v) is 15.7. The van der Waals surface area contributed by atoms with Gasteiger partial charge in [0.15, 0.2) is 0 Å². The SMILES string of the molecule is CCCCSc1cccc(CCNCC(=O)N(C)C)c1.CN(C)C(=O)CNCCc1cccc(OCCCC(F)(F)F)c1. The maximum Gasteiger partial charge on any atom is 0.389 e. The second-order valence-electron chi connectivity index (χ2n) is 10.5. The molecule has 2 aromatic rings. The minimum Gasteiger partial charge on any atom is -0.494 e. The number of halogens is 3. The average molecular weight is 627 g/mol. The Labute approximate surface area is 259 Å². The van der Waals surface area contributed by atoms with Crippen molar-refractivity contribution in [3.05, 3.63) is 59.7 Å². The quantitative estimate of drug-likeness (QED) is 0.170. The van der Waals surface area contributed by atoms with Crippen LogP contribution in [0, 0.1) is 0 Å². The van der Waals surface area contributed by atoms with Gasteiger partial charge in [-0.1, -0.05) is 37.6 Å². The Morgan fingerprint density at radius 2 is 1.40 bits per heavy atom. The molecule has 0 aliphatic rings. The lowest BCUT2D eigenvalue weighted by atomic mass is 10.1. The maximum absolute atomic E-state index is 12.0. The number of alkyl halides is 3. The van der Waals surface area contributed by atoms with Crippen molar-refractivity contribution in [2.75, 3.05) is 66.7 Å². The van der Waals surface area contributed by atoms with Crippen LogP contribution in [0.5, 0.6) is 5.75 Å². The van der Waals surface area contributed by atoms with Gasteiger partial charge in [-0.25, -0.2) is 0 Å². The van der Waals surface area contributed by atoms with Crippen LogP contribution in [0.2, 0.25) is 0 Å². The van der Waals surface area contributed by atoms with E-state index < -0.39 is 12.6 Å². The van der Waals surface area contributed by atoms with Gasteiger partial charge in [0.05, 0.1) is 19.7 Å². The minimum atomic E-state index is -4.14. The monoisotopic (exact) mass is 626 g/mol. The number of carbonyl (C=O) groups excluding carboxylic acids is 2. The van der Waals surface area contributed by atoms with E-state index in [0.717, 1.165) is 18.5 Å². The highest BCUT2D eigenvalue weighted by Gasteiger charge is 2.26. The molecule has 11 heteroatoms. The highest BCUT2D eigenvalue weighted by Crippen LogP contribution is 2.22. The lowest BCUT2D eigenvalue weighted by molar-refractivity contribution is -0.136. The number of nitrogens with zero attached hydrogens (tertiary/aromatic N) is 2. The molecule has 0 atom stereocenters. The number of carbonyl (C=O) groups is 2. The predicted molar refractivity (Wildman–Crippen MR) is 170 cm³/mol. The van der Waals surface area contributed by atoms with Crippen LogP contribution in [0.4, 0.5) is 13.2 Å². The summed E-state index contributed by atoms with van der Waals surface area (Å²) in [6.45, 7) is 4.43. The first kappa shape index (κ1) is 38.3. The normalized spacial score (nSPS) is 11.0. The molecule has 2 N–H and O–H groups in total. The summed E-state index contributed by atoms with van der Waals surface area (Å²) in [5, 5.41) is 6.24. The molecule has 0 spiro atoms. The van der Waals surface area contributed by atoms with Crippen LogP contribution in [0.3, 0.4) is 0 Å². The van der Waals surface area contributed by atoms with Crippen molar-refractivity contribution < 1.29 is 27.5 Å². The molecule has 2 aromatic carbocycles. The molecule has 43 heavy (non-hydrogen) atoms. The fourth-order valence-corrected chi connectivity index (χ4v) is 4.63. The van der Waals surface area contributed by atoms with E-state index >= 15 is 0 Å². The number of hydrogen-bond donors (Lipinski definition) is 2. The van der Waals surface area contributed by atoms with Crippen molar-refractivity contribution in [2.24, 2.45) is 0 Å². The summed E-state index contributed by atoms with van der Waals surface area (Å²) in [7, 11) is 6.95. The minimum absolute atomic E-state index is 0.00625. The second kappa shape index (κ2) is 21.9. The van der Waals surface area contributed by atoms with Crippen LogP contribution in [0.25, 0.3) is 0 Å². The van der Waals surface area contributed by atoms with Crippen molar-refractivity contribution in [3.8, 4) is 5.75 Å². The lowest BCUT2D eigenvalue weighted by Crippen LogP contribution is -2.33. The van der Waals surface area contributed by atoms with E-state index in [0.29, 0.717) is 25.3 Å². The summed E-state index contributed by atoms with van der Waals surface area (Å²) >= 11 is 1.93. The number of likely N-dealkylation sites (N-methyl/N-ethyl adjacent to an activating group) is 2. The highest BCUT2D eigenvalue weighted by molar-refractivity contribution is 7.99. The Kier molecular flexibility index (Phi) is 19.4. The molecule has 242 valence electrons. The molecule has 0 bridgehead atoms. The molecule has 0 saturated heterocycles. The van der Waals surface area contributed by atoms with E-state index in [1.165, 1.54) is 34.0 Å². The van der Waals surface area contributed by atoms with Gasteiger partial charge in [-0.05, 0) is 79.9 Å². The van der Waals surface area contributed by atoms with E-state index in [2.05, 4.69) is 41.8 Å². The van der Waals surface area contributed by atoms with Gasteiger partial charge in [0, 0.05) is 39.5 Å². The number of ether oxygens (including phenoxy) is 1. The zero-order valence-corrected chi connectivity index (χ0v) is 27.1. The van der Waals surface area contributed by atoms with Crippen LogP contribution in [0.15, 0.2) is 53.4 Å². The molecular weight excluding hydrogens is 577 g/mol. The molecule has 0 fully saturated rings. The van der Waals surface area contributed by atoms with Gasteiger partial charge in [0.2, 0.25) is 11.8 Å². The molecule has 0 aliphatic heterocycles. The molecule has 7 nitrogen and oxygen atoms in total. The molecule has 0 heterocycles. The zero-order valence-electron chi connectivity index (χ0n) is 26.3. The fraction of sp³-hybridized carbons (Fsp3) is 0.562. The molecule has 0 aromatic heterocycles. The van der Waals surface area contributed by atoms with Gasteiger partial charge in [-0.15, -0.1) is 11.8 Å². The summed E-state index contributed by atoms with van der Waals surface area (Å²) in [6.07, 6.45) is -0.845. The zero-order chi connectivity index (χ0) is 32.1. The molecule has 0 unspecified atom stereocenters. The highest BCUT2D eigenvalue weighted by atomic mass is 32.2. The van der Waals surface area contributed by atoms with Gasteiger partial charge < -0.3 is 25.2 Å². The van der Waals surface area contributed by atoms with Crippen molar-refractivity contribution in [1.82, 2.24) is 20.4 Å². The van der Waals surface area contributed by atoms with Crippen molar-refractivity contribution in [2.45, 2.75) is 56.5 Å². The van der Waals surface area contributed by atoms with Gasteiger partial charge >= 0.3 is 6.18 Å². The smallest absolute Gasteiger partial charge is 0.389 e. The van der Waals surface area contributed by atoms with Gasteiger partial charge in [0.25, 0.3) is 0 Å². The largest absolute Gasteiger partial charge is 0.494 e. The van der Waals surface area contributed by atoms with Gasteiger partial charge in [-0.3, -0.25) is 9.59 Å². The van der Waals surface area contributed by atoms with Crippen molar-refractivity contribution in [3.63, 3.8) is 0 Å². The van der Waals surface area contributed by atoms with Crippen LogP contribution >= 0.6 is 11.8 Å². The summed E-state index contributed by atoms with van der Waals surface area (Å²) in [5.74, 6) is 1.88. The molecule has 0 radical (unpaired) electrons. The van der Waals surface area contributed by atoms with Crippen molar-refractivity contribution in [1.29, 1.82) is 0 Å². The average Bonchev–Trinajstić information content (AvgIpc) is 2.96. The first-order chi connectivity index (χ1) is 20.4. The lowest BCUT2D eigenvalue weighted by Gasteiger charge is -2.11. The number of amides is 2. The summed E-state index contributed by atoms with van der Waals surface area (Å²) in [5.41, 5.74) is 2.33. The third-order valence-corrected chi connectivity index (χ3v) is 7.25. The molecular formula is C32H49F3N4O3S. The third kappa shape index (κ3) is 19.9. The number of unbranched alkanes of at least 4 members (excludes halogenated alkanes) is 1. The Balaban J connectivity index is 0.000000434. The summed E-state index contributed by atoms with van der Waals surface area (Å²) in [6, 6.07) is 16.0. The van der Waals surface area contributed by atoms with Crippen molar-refractivity contribution >= 4 is 23.6 Å².